The van der Waals surface area contributed by atoms with Crippen molar-refractivity contribution in [3.05, 3.63) is 81.2 Å². The van der Waals surface area contributed by atoms with Crippen LogP contribution in [0.15, 0.2) is 47.6 Å². The highest BCUT2D eigenvalue weighted by molar-refractivity contribution is 5.97. The van der Waals surface area contributed by atoms with Crippen LogP contribution in [0.2, 0.25) is 0 Å². The highest BCUT2D eigenvalue weighted by atomic mass is 16.1. The second-order valence-corrected chi connectivity index (χ2v) is 8.85. The summed E-state index contributed by atoms with van der Waals surface area (Å²) in [7, 11) is 0. The summed E-state index contributed by atoms with van der Waals surface area (Å²) >= 11 is 0. The summed E-state index contributed by atoms with van der Waals surface area (Å²) in [6.45, 7) is 11.9. The SMILES string of the molecule is CC1=C(c2c(C)cccc2C)CC/C(C)=C(c2cc3c([nH]2)CCNC3=O)/C=C\C1C. The lowest BCUT2D eigenvalue weighted by Crippen LogP contribution is -2.31. The van der Waals surface area contributed by atoms with Crippen molar-refractivity contribution >= 4 is 17.1 Å². The van der Waals surface area contributed by atoms with Gasteiger partial charge in [0, 0.05) is 24.4 Å². The van der Waals surface area contributed by atoms with Gasteiger partial charge in [-0.2, -0.15) is 0 Å². The van der Waals surface area contributed by atoms with Crippen molar-refractivity contribution in [2.45, 2.75) is 53.9 Å². The maximum absolute atomic E-state index is 12.2. The molecule has 30 heavy (non-hydrogen) atoms. The molecule has 1 unspecified atom stereocenters. The molecule has 2 N–H and O–H groups in total. The topological polar surface area (TPSA) is 44.9 Å². The van der Waals surface area contributed by atoms with E-state index in [-0.39, 0.29) is 5.91 Å². The Balaban J connectivity index is 1.75. The Morgan fingerprint density at radius 3 is 2.43 bits per heavy atom. The van der Waals surface area contributed by atoms with Crippen LogP contribution < -0.4 is 5.32 Å². The van der Waals surface area contributed by atoms with Crippen LogP contribution in [-0.2, 0) is 6.42 Å². The highest BCUT2D eigenvalue weighted by Gasteiger charge is 2.22. The predicted octanol–water partition coefficient (Wildman–Crippen LogP) is 6.15. The zero-order chi connectivity index (χ0) is 21.4. The second-order valence-electron chi connectivity index (χ2n) is 8.85. The monoisotopic (exact) mass is 400 g/mol. The first-order valence-corrected chi connectivity index (χ1v) is 11.0. The molecule has 2 heterocycles. The Morgan fingerprint density at radius 1 is 1.00 bits per heavy atom. The number of rotatable bonds is 2. The molecule has 0 saturated heterocycles. The fourth-order valence-corrected chi connectivity index (χ4v) is 4.82. The number of carbonyl (C=O) groups is 1. The van der Waals surface area contributed by atoms with Gasteiger partial charge in [0.25, 0.3) is 5.91 Å². The van der Waals surface area contributed by atoms with Gasteiger partial charge in [-0.05, 0) is 80.4 Å². The van der Waals surface area contributed by atoms with E-state index in [0.29, 0.717) is 12.5 Å². The molecular formula is C27H32N2O. The second kappa shape index (κ2) is 8.14. The number of nitrogens with one attached hydrogen (secondary N) is 2. The van der Waals surface area contributed by atoms with E-state index in [9.17, 15) is 4.79 Å². The van der Waals surface area contributed by atoms with Gasteiger partial charge in [0.15, 0.2) is 0 Å². The number of hydrogen-bond donors (Lipinski definition) is 2. The zero-order valence-corrected chi connectivity index (χ0v) is 18.8. The van der Waals surface area contributed by atoms with Crippen LogP contribution >= 0.6 is 0 Å². The third-order valence-electron chi connectivity index (χ3n) is 6.80. The molecule has 0 spiro atoms. The van der Waals surface area contributed by atoms with Crippen molar-refractivity contribution in [1.29, 1.82) is 0 Å². The molecule has 1 aliphatic heterocycles. The lowest BCUT2D eigenvalue weighted by Gasteiger charge is -2.20. The van der Waals surface area contributed by atoms with Crippen molar-refractivity contribution in [2.75, 3.05) is 6.54 Å². The van der Waals surface area contributed by atoms with Crippen molar-refractivity contribution in [3.63, 3.8) is 0 Å². The molecule has 1 aromatic carbocycles. The highest BCUT2D eigenvalue weighted by Crippen LogP contribution is 2.37. The number of benzene rings is 1. The van der Waals surface area contributed by atoms with Crippen molar-refractivity contribution in [3.8, 4) is 0 Å². The largest absolute Gasteiger partial charge is 0.358 e. The predicted molar refractivity (Wildman–Crippen MR) is 125 cm³/mol. The van der Waals surface area contributed by atoms with Crippen LogP contribution in [0.3, 0.4) is 0 Å². The number of allylic oxidation sites excluding steroid dienone is 6. The minimum absolute atomic E-state index is 0.0345. The smallest absolute Gasteiger partial charge is 0.253 e. The number of aromatic amines is 1. The number of aryl methyl sites for hydroxylation is 2. The van der Waals surface area contributed by atoms with Gasteiger partial charge in [0.1, 0.15) is 0 Å². The molecule has 3 nitrogen and oxygen atoms in total. The minimum atomic E-state index is 0.0345. The van der Waals surface area contributed by atoms with Gasteiger partial charge in [-0.25, -0.2) is 0 Å². The summed E-state index contributed by atoms with van der Waals surface area (Å²) in [5, 5.41) is 2.95. The van der Waals surface area contributed by atoms with Gasteiger partial charge >= 0.3 is 0 Å². The number of H-pyrrole nitrogens is 1. The molecule has 1 amide bonds. The van der Waals surface area contributed by atoms with Crippen LogP contribution in [0.1, 0.15) is 72.0 Å². The Kier molecular flexibility index (Phi) is 5.55. The molecule has 4 rings (SSSR count). The van der Waals surface area contributed by atoms with Gasteiger partial charge in [-0.1, -0.05) is 48.4 Å². The van der Waals surface area contributed by atoms with Gasteiger partial charge < -0.3 is 10.3 Å². The Labute approximate surface area is 180 Å². The van der Waals surface area contributed by atoms with E-state index in [1.165, 1.54) is 39.0 Å². The first-order valence-electron chi connectivity index (χ1n) is 11.0. The minimum Gasteiger partial charge on any atom is -0.358 e. The molecule has 2 aromatic rings. The first kappa shape index (κ1) is 20.5. The summed E-state index contributed by atoms with van der Waals surface area (Å²) < 4.78 is 0. The molecule has 1 aliphatic carbocycles. The number of hydrogen-bond acceptors (Lipinski definition) is 1. The maximum atomic E-state index is 12.2. The molecule has 0 bridgehead atoms. The Bertz CT molecular complexity index is 1070. The Morgan fingerprint density at radius 2 is 1.73 bits per heavy atom. The van der Waals surface area contributed by atoms with Gasteiger partial charge in [-0.15, -0.1) is 0 Å². The fourth-order valence-electron chi connectivity index (χ4n) is 4.82. The summed E-state index contributed by atoms with van der Waals surface area (Å²) in [6.07, 6.45) is 7.47. The van der Waals surface area contributed by atoms with E-state index in [4.69, 9.17) is 0 Å². The van der Waals surface area contributed by atoms with Crippen LogP contribution in [0.4, 0.5) is 0 Å². The number of fused-ring (bicyclic) bond motifs is 1. The van der Waals surface area contributed by atoms with Gasteiger partial charge in [-0.3, -0.25) is 4.79 Å². The molecule has 156 valence electrons. The van der Waals surface area contributed by atoms with Gasteiger partial charge in [0.05, 0.1) is 5.56 Å². The molecule has 0 radical (unpaired) electrons. The first-order chi connectivity index (χ1) is 14.4. The van der Waals surface area contributed by atoms with Crippen molar-refractivity contribution in [2.24, 2.45) is 5.92 Å². The molecule has 1 atom stereocenters. The average Bonchev–Trinajstić information content (AvgIpc) is 3.15. The van der Waals surface area contributed by atoms with E-state index in [1.807, 2.05) is 6.07 Å². The van der Waals surface area contributed by atoms with E-state index in [2.05, 4.69) is 75.3 Å². The van der Waals surface area contributed by atoms with Crippen LogP contribution in [-0.4, -0.2) is 17.4 Å². The van der Waals surface area contributed by atoms with E-state index >= 15 is 0 Å². The van der Waals surface area contributed by atoms with Crippen molar-refractivity contribution < 1.29 is 4.79 Å². The third kappa shape index (κ3) is 3.69. The standard InChI is InChI=1S/C27H32N2O/c1-16-9-11-21(25-15-23-24(29-25)13-14-28-27(23)30)17(2)10-12-22(20(16)5)26-18(3)7-6-8-19(26)4/h6-9,11,15-16,29H,10,12-14H2,1-5H3,(H,28,30)/b11-9-,21-17-,22-20?. The average molecular weight is 401 g/mol. The molecule has 1 aromatic heterocycles. The third-order valence-corrected chi connectivity index (χ3v) is 6.80. The molecule has 0 saturated carbocycles. The fraction of sp³-hybridized carbons (Fsp3) is 0.370. The number of carbonyl (C=O) groups excluding carboxylic acids is 1. The molecule has 0 fully saturated rings. The maximum Gasteiger partial charge on any atom is 0.253 e. The van der Waals surface area contributed by atoms with Crippen LogP contribution in [0.25, 0.3) is 11.1 Å². The van der Waals surface area contributed by atoms with Gasteiger partial charge in [0.2, 0.25) is 0 Å². The van der Waals surface area contributed by atoms with E-state index in [0.717, 1.165) is 36.2 Å². The molecular weight excluding hydrogens is 368 g/mol. The summed E-state index contributed by atoms with van der Waals surface area (Å²) in [5.74, 6) is 0.389. The quantitative estimate of drug-likeness (QED) is 0.624. The summed E-state index contributed by atoms with van der Waals surface area (Å²) in [4.78, 5) is 15.8. The van der Waals surface area contributed by atoms with E-state index in [1.54, 1.807) is 0 Å². The summed E-state index contributed by atoms with van der Waals surface area (Å²) in [6, 6.07) is 8.62. The zero-order valence-electron chi connectivity index (χ0n) is 18.8. The van der Waals surface area contributed by atoms with Crippen LogP contribution in [0, 0.1) is 19.8 Å². The molecule has 3 heteroatoms. The molecule has 2 aliphatic rings. The van der Waals surface area contributed by atoms with Crippen molar-refractivity contribution in [1.82, 2.24) is 10.3 Å². The Hall–Kier alpha value is -2.81. The number of aromatic nitrogens is 1. The normalized spacial score (nSPS) is 23.4. The van der Waals surface area contributed by atoms with Crippen LogP contribution in [0.5, 0.6) is 0 Å². The lowest BCUT2D eigenvalue weighted by molar-refractivity contribution is 0.0946. The lowest BCUT2D eigenvalue weighted by atomic mass is 9.85. The summed E-state index contributed by atoms with van der Waals surface area (Å²) in [5.41, 5.74) is 12.5. The van der Waals surface area contributed by atoms with E-state index < -0.39 is 0 Å². The number of amides is 1.